The number of carboxylic acids is 1. The second kappa shape index (κ2) is 5.29. The largest absolute Gasteiger partial charge is 0.481 e. The van der Waals surface area contributed by atoms with E-state index in [-0.39, 0.29) is 10.9 Å². The number of rotatable bonds is 4. The second-order valence-electron chi connectivity index (χ2n) is 2.97. The van der Waals surface area contributed by atoms with Gasteiger partial charge in [0.2, 0.25) is 5.95 Å². The van der Waals surface area contributed by atoms with Crippen molar-refractivity contribution < 1.29 is 23.1 Å². The normalized spacial score (nSPS) is 10.8. The number of aliphatic carboxylic acids is 1. The summed E-state index contributed by atoms with van der Waals surface area (Å²) in [6.45, 7) is 0. The summed E-state index contributed by atoms with van der Waals surface area (Å²) in [5, 5.41) is 8.52. The molecular formula is C9H7BrF3NO2. The third kappa shape index (κ3) is 2.94. The van der Waals surface area contributed by atoms with Gasteiger partial charge in [0, 0.05) is 10.9 Å². The van der Waals surface area contributed by atoms with Crippen LogP contribution in [0.25, 0.3) is 0 Å². The van der Waals surface area contributed by atoms with E-state index in [4.69, 9.17) is 5.11 Å². The highest BCUT2D eigenvalue weighted by atomic mass is 79.9. The van der Waals surface area contributed by atoms with E-state index in [1.807, 2.05) is 0 Å². The number of carboxylic acid groups (broad SMARTS) is 1. The van der Waals surface area contributed by atoms with Crippen molar-refractivity contribution >= 4 is 21.9 Å². The Kier molecular flexibility index (Phi) is 4.28. The predicted octanol–water partition coefficient (Wildman–Crippen LogP) is 2.68. The van der Waals surface area contributed by atoms with Crippen molar-refractivity contribution in [1.29, 1.82) is 0 Å². The third-order valence-electron chi connectivity index (χ3n) is 1.87. The molecule has 3 nitrogen and oxygen atoms in total. The van der Waals surface area contributed by atoms with Crippen LogP contribution in [0.15, 0.2) is 6.07 Å². The molecule has 16 heavy (non-hydrogen) atoms. The summed E-state index contributed by atoms with van der Waals surface area (Å²) < 4.78 is 38.3. The Labute approximate surface area is 97.4 Å². The van der Waals surface area contributed by atoms with E-state index in [0.29, 0.717) is 0 Å². The zero-order valence-electron chi connectivity index (χ0n) is 7.88. The fourth-order valence-electron chi connectivity index (χ4n) is 1.28. The van der Waals surface area contributed by atoms with Crippen molar-refractivity contribution in [2.24, 2.45) is 0 Å². The van der Waals surface area contributed by atoms with Crippen molar-refractivity contribution in [1.82, 2.24) is 4.98 Å². The lowest BCUT2D eigenvalue weighted by Gasteiger charge is -2.10. The van der Waals surface area contributed by atoms with Crippen molar-refractivity contribution in [3.8, 4) is 0 Å². The fraction of sp³-hybridized carbons (Fsp3) is 0.333. The zero-order valence-corrected chi connectivity index (χ0v) is 9.47. The van der Waals surface area contributed by atoms with Crippen LogP contribution in [0.5, 0.6) is 0 Å². The SMILES string of the molecule is O=C(O)Cc1nc(F)cc(CBr)c1C(F)F. The van der Waals surface area contributed by atoms with Crippen molar-refractivity contribution in [3.05, 3.63) is 28.8 Å². The van der Waals surface area contributed by atoms with Gasteiger partial charge in [-0.25, -0.2) is 13.8 Å². The molecule has 88 valence electrons. The minimum absolute atomic E-state index is 0.0126. The molecule has 1 rings (SSSR count). The first kappa shape index (κ1) is 13.0. The van der Waals surface area contributed by atoms with Gasteiger partial charge >= 0.3 is 5.97 Å². The average Bonchev–Trinajstić information content (AvgIpc) is 2.14. The molecule has 0 aliphatic heterocycles. The van der Waals surface area contributed by atoms with E-state index >= 15 is 0 Å². The van der Waals surface area contributed by atoms with Gasteiger partial charge in [-0.05, 0) is 11.6 Å². The molecule has 1 N–H and O–H groups in total. The van der Waals surface area contributed by atoms with Crippen LogP contribution >= 0.6 is 15.9 Å². The molecule has 0 radical (unpaired) electrons. The summed E-state index contributed by atoms with van der Waals surface area (Å²) in [7, 11) is 0. The first-order valence-electron chi connectivity index (χ1n) is 4.19. The summed E-state index contributed by atoms with van der Waals surface area (Å²) >= 11 is 2.94. The van der Waals surface area contributed by atoms with Gasteiger partial charge < -0.3 is 5.11 Å². The van der Waals surface area contributed by atoms with Gasteiger partial charge in [0.05, 0.1) is 12.1 Å². The van der Waals surface area contributed by atoms with Crippen LogP contribution in [0.4, 0.5) is 13.2 Å². The molecule has 1 heterocycles. The lowest BCUT2D eigenvalue weighted by atomic mass is 10.1. The van der Waals surface area contributed by atoms with Crippen LogP contribution in [0.3, 0.4) is 0 Å². The molecule has 0 fully saturated rings. The van der Waals surface area contributed by atoms with Gasteiger partial charge in [0.15, 0.2) is 0 Å². The molecule has 0 aliphatic carbocycles. The monoisotopic (exact) mass is 297 g/mol. The number of alkyl halides is 3. The number of hydrogen-bond donors (Lipinski definition) is 1. The van der Waals surface area contributed by atoms with Crippen LogP contribution in [0.2, 0.25) is 0 Å². The van der Waals surface area contributed by atoms with E-state index in [9.17, 15) is 18.0 Å². The topological polar surface area (TPSA) is 50.2 Å². The number of hydrogen-bond acceptors (Lipinski definition) is 2. The molecule has 1 aromatic heterocycles. The van der Waals surface area contributed by atoms with Crippen LogP contribution in [-0.4, -0.2) is 16.1 Å². The smallest absolute Gasteiger partial charge is 0.309 e. The van der Waals surface area contributed by atoms with Gasteiger partial charge in [-0.1, -0.05) is 15.9 Å². The molecular weight excluding hydrogens is 291 g/mol. The molecule has 0 spiro atoms. The molecule has 7 heteroatoms. The molecule has 0 amide bonds. The van der Waals surface area contributed by atoms with E-state index < -0.39 is 36.0 Å². The van der Waals surface area contributed by atoms with Crippen molar-refractivity contribution in [3.63, 3.8) is 0 Å². The first-order valence-corrected chi connectivity index (χ1v) is 5.32. The van der Waals surface area contributed by atoms with E-state index in [1.54, 1.807) is 0 Å². The lowest BCUT2D eigenvalue weighted by Crippen LogP contribution is -2.10. The molecule has 0 bridgehead atoms. The molecule has 0 saturated carbocycles. The highest BCUT2D eigenvalue weighted by molar-refractivity contribution is 9.08. The second-order valence-corrected chi connectivity index (χ2v) is 3.53. The standard InChI is InChI=1S/C9H7BrF3NO2/c10-3-4-1-6(11)14-5(2-7(15)16)8(4)9(12)13/h1,9H,2-3H2,(H,15,16). The van der Waals surface area contributed by atoms with E-state index in [2.05, 4.69) is 20.9 Å². The molecule has 0 aromatic carbocycles. The Morgan fingerprint density at radius 1 is 1.56 bits per heavy atom. The fourth-order valence-corrected chi connectivity index (χ4v) is 1.75. The van der Waals surface area contributed by atoms with Gasteiger partial charge in [0.1, 0.15) is 0 Å². The first-order chi connectivity index (χ1) is 7.45. The predicted molar refractivity (Wildman–Crippen MR) is 53.1 cm³/mol. The highest BCUT2D eigenvalue weighted by Gasteiger charge is 2.21. The molecule has 0 atom stereocenters. The lowest BCUT2D eigenvalue weighted by molar-refractivity contribution is -0.136. The molecule has 0 unspecified atom stereocenters. The number of carbonyl (C=O) groups is 1. The van der Waals surface area contributed by atoms with Gasteiger partial charge in [-0.2, -0.15) is 4.39 Å². The zero-order chi connectivity index (χ0) is 12.3. The Hall–Kier alpha value is -1.11. The minimum Gasteiger partial charge on any atom is -0.481 e. The van der Waals surface area contributed by atoms with Gasteiger partial charge in [-0.15, -0.1) is 0 Å². The summed E-state index contributed by atoms with van der Waals surface area (Å²) in [6, 6.07) is 0.863. The number of nitrogens with zero attached hydrogens (tertiary/aromatic N) is 1. The average molecular weight is 298 g/mol. The summed E-state index contributed by atoms with van der Waals surface area (Å²) in [5.41, 5.74) is -0.934. The molecule has 0 aliphatic rings. The maximum atomic E-state index is 12.9. The van der Waals surface area contributed by atoms with E-state index in [1.165, 1.54) is 0 Å². The van der Waals surface area contributed by atoms with Gasteiger partial charge in [0.25, 0.3) is 6.43 Å². The van der Waals surface area contributed by atoms with Crippen molar-refractivity contribution in [2.75, 3.05) is 0 Å². The number of aromatic nitrogens is 1. The quantitative estimate of drug-likeness (QED) is 0.687. The summed E-state index contributed by atoms with van der Waals surface area (Å²) in [5.74, 6) is -2.30. The minimum atomic E-state index is -2.88. The van der Waals surface area contributed by atoms with Crippen LogP contribution in [0, 0.1) is 5.95 Å². The van der Waals surface area contributed by atoms with Crippen LogP contribution < -0.4 is 0 Å². The Balaban J connectivity index is 3.32. The van der Waals surface area contributed by atoms with Crippen LogP contribution in [0.1, 0.15) is 23.2 Å². The Morgan fingerprint density at radius 3 is 2.62 bits per heavy atom. The van der Waals surface area contributed by atoms with E-state index in [0.717, 1.165) is 6.07 Å². The summed E-state index contributed by atoms with van der Waals surface area (Å²) in [4.78, 5) is 13.6. The number of halogens is 4. The van der Waals surface area contributed by atoms with Crippen molar-refractivity contribution in [2.45, 2.75) is 18.2 Å². The molecule has 1 aromatic rings. The summed E-state index contributed by atoms with van der Waals surface area (Å²) in [6.07, 6.45) is -3.60. The van der Waals surface area contributed by atoms with Crippen LogP contribution in [-0.2, 0) is 16.5 Å². The highest BCUT2D eigenvalue weighted by Crippen LogP contribution is 2.28. The Morgan fingerprint density at radius 2 is 2.19 bits per heavy atom. The number of pyridine rings is 1. The maximum Gasteiger partial charge on any atom is 0.309 e. The Bertz CT molecular complexity index is 412. The van der Waals surface area contributed by atoms with Gasteiger partial charge in [-0.3, -0.25) is 4.79 Å². The maximum absolute atomic E-state index is 12.9. The third-order valence-corrected chi connectivity index (χ3v) is 2.48. The molecule has 0 saturated heterocycles.